The standard InChI is InChI=1S/C8H26O14Si13/c1-18-35(19-2,20-3)21-23-24(9)25(10)26(11)27(12)28(13)29(14)30(15)31(16)32(17)34(7,8)22-33(4,5)6/h23H2,1-8H3. The summed E-state index contributed by atoms with van der Waals surface area (Å²) in [6, 6.07) is 0. The van der Waals surface area contributed by atoms with Crippen LogP contribution in [0.3, 0.4) is 0 Å². The van der Waals surface area contributed by atoms with Gasteiger partial charge >= 0.3 is 78.5 Å². The van der Waals surface area contributed by atoms with Gasteiger partial charge in [-0.2, -0.15) is 0 Å². The van der Waals surface area contributed by atoms with Gasteiger partial charge < -0.3 is 61.7 Å². The first-order valence-corrected chi connectivity index (χ1v) is 42.2. The Labute approximate surface area is 218 Å². The largest absolute Gasteiger partial charge is 0.667 e. The summed E-state index contributed by atoms with van der Waals surface area (Å²) >= 11 is 0. The molecule has 0 aliphatic heterocycles. The molecule has 27 heteroatoms. The normalized spacial score (nSPS) is 12.3. The van der Waals surface area contributed by atoms with Crippen LogP contribution in [0, 0.1) is 0 Å². The Morgan fingerprint density at radius 1 is 0.543 bits per heavy atom. The zero-order valence-corrected chi connectivity index (χ0v) is 33.8. The van der Waals surface area contributed by atoms with Crippen LogP contribution in [-0.2, 0) is 61.7 Å². The second-order valence-corrected chi connectivity index (χ2v) is 70.0. The quantitative estimate of drug-likeness (QED) is 0.135. The van der Waals surface area contributed by atoms with Crippen molar-refractivity contribution in [2.45, 2.75) is 32.7 Å². The molecule has 0 heterocycles. The van der Waals surface area contributed by atoms with Crippen LogP contribution in [0.2, 0.25) is 32.7 Å². The molecule has 0 radical (unpaired) electrons. The Morgan fingerprint density at radius 3 is 1.23 bits per heavy atom. The molecule has 0 unspecified atom stereocenters. The molecule has 0 aliphatic rings. The molecule has 0 atom stereocenters. The number of rotatable bonds is 17. The topological polar surface area (TPSA) is 200 Å². The molecule has 0 bridgehead atoms. The van der Waals surface area contributed by atoms with Gasteiger partial charge in [0.2, 0.25) is 17.1 Å². The van der Waals surface area contributed by atoms with E-state index in [1.807, 2.05) is 19.6 Å². The Balaban J connectivity index is 5.41. The number of hydrogen-bond donors (Lipinski definition) is 0. The van der Waals surface area contributed by atoms with Gasteiger partial charge in [0.15, 0.2) is 8.32 Å². The second kappa shape index (κ2) is 14.8. The zero-order chi connectivity index (χ0) is 27.9. The van der Waals surface area contributed by atoms with Crippen LogP contribution < -0.4 is 0 Å². The van der Waals surface area contributed by atoms with Gasteiger partial charge in [-0.05, 0) is 32.7 Å². The maximum absolute atomic E-state index is 12.8. The van der Waals surface area contributed by atoms with E-state index in [4.69, 9.17) is 21.5 Å². The highest BCUT2D eigenvalue weighted by molar-refractivity contribution is 7.78. The average molecular weight is 711 g/mol. The van der Waals surface area contributed by atoms with Crippen molar-refractivity contribution in [3.63, 3.8) is 0 Å². The summed E-state index contributed by atoms with van der Waals surface area (Å²) in [7, 11) is -39.4. The summed E-state index contributed by atoms with van der Waals surface area (Å²) in [4.78, 5) is 0. The first kappa shape index (κ1) is 35.8. The van der Waals surface area contributed by atoms with E-state index in [9.17, 15) is 40.2 Å². The van der Waals surface area contributed by atoms with Crippen LogP contribution in [0.1, 0.15) is 0 Å². The Hall–Kier alpha value is 0.819. The van der Waals surface area contributed by atoms with E-state index < -0.39 is 104 Å². The molecule has 0 aliphatic carbocycles. The highest BCUT2D eigenvalue weighted by Crippen LogP contribution is 2.14. The molecular formula is C8H26O14Si13. The van der Waals surface area contributed by atoms with Crippen molar-refractivity contribution in [1.29, 1.82) is 0 Å². The Kier molecular flexibility index (Phi) is 15.2. The molecule has 0 rings (SSSR count). The molecule has 0 N–H and O–H groups in total. The minimum atomic E-state index is -3.83. The third kappa shape index (κ3) is 10.5. The van der Waals surface area contributed by atoms with E-state index in [0.29, 0.717) is 0 Å². The van der Waals surface area contributed by atoms with Gasteiger partial charge in [-0.1, -0.05) is 0 Å². The van der Waals surface area contributed by atoms with Crippen molar-refractivity contribution in [3.05, 3.63) is 0 Å². The fraction of sp³-hybridized carbons (Fsp3) is 1.00. The van der Waals surface area contributed by atoms with Crippen molar-refractivity contribution in [2.24, 2.45) is 0 Å². The molecule has 0 saturated carbocycles. The van der Waals surface area contributed by atoms with Gasteiger partial charge in [-0.15, -0.1) is 0 Å². The highest BCUT2D eigenvalue weighted by Gasteiger charge is 2.54. The lowest BCUT2D eigenvalue weighted by molar-refractivity contribution is 0.0534. The molecule has 0 fully saturated rings. The predicted molar refractivity (Wildman–Crippen MR) is 136 cm³/mol. The van der Waals surface area contributed by atoms with Crippen molar-refractivity contribution < 1.29 is 61.7 Å². The van der Waals surface area contributed by atoms with Gasteiger partial charge in [0, 0.05) is 21.3 Å². The molecule has 194 valence electrons. The molecule has 14 nitrogen and oxygen atoms in total. The van der Waals surface area contributed by atoms with Crippen LogP contribution in [0.4, 0.5) is 0 Å². The lowest BCUT2D eigenvalue weighted by atomic mass is 11.8. The van der Waals surface area contributed by atoms with Gasteiger partial charge in [0.1, 0.15) is 0 Å². The van der Waals surface area contributed by atoms with Crippen molar-refractivity contribution in [3.8, 4) is 0 Å². The lowest BCUT2D eigenvalue weighted by Crippen LogP contribution is -2.59. The molecule has 0 spiro atoms. The van der Waals surface area contributed by atoms with E-state index in [2.05, 4.69) is 0 Å². The van der Waals surface area contributed by atoms with E-state index >= 15 is 0 Å². The zero-order valence-electron chi connectivity index (χ0n) is 20.4. The summed E-state index contributed by atoms with van der Waals surface area (Å²) in [6.45, 7) is 8.55. The minimum absolute atomic E-state index is 1.21. The average Bonchev–Trinajstić information content (AvgIpc) is 2.79. The first-order valence-electron chi connectivity index (χ1n) is 9.68. The van der Waals surface area contributed by atoms with E-state index in [1.165, 1.54) is 34.4 Å². The molecule has 0 aromatic carbocycles. The van der Waals surface area contributed by atoms with E-state index in [0.717, 1.165) is 0 Å². The maximum Gasteiger partial charge on any atom is 0.667 e. The third-order valence-electron chi connectivity index (χ3n) is 3.94. The van der Waals surface area contributed by atoms with Crippen molar-refractivity contribution in [1.82, 2.24) is 0 Å². The minimum Gasteiger partial charge on any atom is -0.453 e. The van der Waals surface area contributed by atoms with Crippen LogP contribution >= 0.6 is 0 Å². The first-order chi connectivity index (χ1) is 15.8. The van der Waals surface area contributed by atoms with Crippen LogP contribution in [0.15, 0.2) is 0 Å². The summed E-state index contributed by atoms with van der Waals surface area (Å²) in [6.07, 6.45) is 0. The summed E-state index contributed by atoms with van der Waals surface area (Å²) in [5.74, 6) is 0. The Bertz CT molecular complexity index is 971. The third-order valence-corrected chi connectivity index (χ3v) is 92.8. The second-order valence-electron chi connectivity index (χ2n) is 8.18. The molecular weight excluding hydrogens is 685 g/mol. The molecule has 0 aromatic heterocycles. The molecule has 35 heavy (non-hydrogen) atoms. The Morgan fingerprint density at radius 2 is 0.886 bits per heavy atom. The van der Waals surface area contributed by atoms with Gasteiger partial charge in [-0.25, -0.2) is 0 Å². The van der Waals surface area contributed by atoms with Gasteiger partial charge in [-0.3, -0.25) is 0 Å². The number of hydrogen-bond acceptors (Lipinski definition) is 14. The smallest absolute Gasteiger partial charge is 0.453 e. The highest BCUT2D eigenvalue weighted by atomic mass is 30.1. The molecule has 0 saturated heterocycles. The monoisotopic (exact) mass is 710 g/mol. The van der Waals surface area contributed by atoms with E-state index in [1.54, 1.807) is 0 Å². The summed E-state index contributed by atoms with van der Waals surface area (Å²) in [5, 5.41) is 0. The summed E-state index contributed by atoms with van der Waals surface area (Å²) in [5.41, 5.74) is 0. The van der Waals surface area contributed by atoms with Gasteiger partial charge in [0.25, 0.3) is 0 Å². The van der Waals surface area contributed by atoms with Crippen LogP contribution in [0.5, 0.6) is 0 Å². The molecule has 0 amide bonds. The predicted octanol–water partition coefficient (Wildman–Crippen LogP) is -3.48. The fourth-order valence-corrected chi connectivity index (χ4v) is 130. The van der Waals surface area contributed by atoms with Crippen molar-refractivity contribution in [2.75, 3.05) is 21.3 Å². The van der Waals surface area contributed by atoms with Crippen LogP contribution in [0.25, 0.3) is 0 Å². The van der Waals surface area contributed by atoms with Crippen molar-refractivity contribution >= 4 is 104 Å². The van der Waals surface area contributed by atoms with E-state index in [-0.39, 0.29) is 0 Å². The van der Waals surface area contributed by atoms with Crippen LogP contribution in [-0.4, -0.2) is 125 Å². The lowest BCUT2D eigenvalue weighted by Gasteiger charge is -2.28. The SMILES string of the molecule is CO[Si](OC)(OC)O[SiH2][Si](=O)[Si](=O)[Si](=O)[Si](=O)[Si](=O)[Si](=O)[Si](=O)[Si](=O)[Si](=O)[Si](C)(C)O[Si](C)(C)C. The summed E-state index contributed by atoms with van der Waals surface area (Å²) < 4.78 is 139. The fourth-order valence-electron chi connectivity index (χ4n) is 2.48. The maximum atomic E-state index is 12.8. The van der Waals surface area contributed by atoms with Gasteiger partial charge in [0.05, 0.1) is 0 Å². The molecule has 0 aromatic rings.